The van der Waals surface area contributed by atoms with Gasteiger partial charge in [-0.05, 0) is 56.2 Å². The summed E-state index contributed by atoms with van der Waals surface area (Å²) in [5.74, 6) is 0. The highest BCUT2D eigenvalue weighted by molar-refractivity contribution is 5.22. The molecule has 1 fully saturated rings. The molecule has 0 aliphatic carbocycles. The average molecular weight is 317 g/mol. The zero-order chi connectivity index (χ0) is 16.3. The van der Waals surface area contributed by atoms with Crippen LogP contribution < -0.4 is 5.73 Å². The van der Waals surface area contributed by atoms with Crippen LogP contribution in [0.4, 0.5) is 0 Å². The molecule has 1 aromatic carbocycles. The number of aryl methyl sites for hydroxylation is 1. The number of benzene rings is 1. The van der Waals surface area contributed by atoms with Crippen molar-refractivity contribution in [3.05, 3.63) is 35.4 Å². The maximum absolute atomic E-state index is 6.19. The van der Waals surface area contributed by atoms with Gasteiger partial charge in [0.1, 0.15) is 0 Å². The first kappa shape index (κ1) is 18.5. The van der Waals surface area contributed by atoms with Crippen LogP contribution in [0.1, 0.15) is 75.8 Å². The van der Waals surface area contributed by atoms with E-state index in [1.54, 1.807) is 0 Å². The minimum absolute atomic E-state index is 0.288. The summed E-state index contributed by atoms with van der Waals surface area (Å²) in [7, 11) is 0. The van der Waals surface area contributed by atoms with Crippen LogP contribution >= 0.6 is 0 Å². The molecule has 2 N–H and O–H groups in total. The predicted molar refractivity (Wildman–Crippen MR) is 101 cm³/mol. The minimum atomic E-state index is 0.288. The first-order valence-electron chi connectivity index (χ1n) is 9.87. The van der Waals surface area contributed by atoms with Crippen molar-refractivity contribution in [3.8, 4) is 0 Å². The molecule has 1 saturated heterocycles. The highest BCUT2D eigenvalue weighted by Crippen LogP contribution is 2.15. The van der Waals surface area contributed by atoms with Gasteiger partial charge in [-0.25, -0.2) is 0 Å². The molecule has 1 heterocycles. The number of hydrogen-bond acceptors (Lipinski definition) is 2. The van der Waals surface area contributed by atoms with Gasteiger partial charge in [-0.15, -0.1) is 0 Å². The third-order valence-corrected chi connectivity index (χ3v) is 5.19. The lowest BCUT2D eigenvalue weighted by molar-refractivity contribution is 0.154. The lowest BCUT2D eigenvalue weighted by Gasteiger charge is -2.32. The molecule has 0 aromatic heterocycles. The van der Waals surface area contributed by atoms with Crippen LogP contribution in [0.3, 0.4) is 0 Å². The SMILES string of the molecule is CCCCCCCCc1ccc(CCN2CCCCC2N)cc1. The van der Waals surface area contributed by atoms with Crippen LogP contribution in [0.2, 0.25) is 0 Å². The van der Waals surface area contributed by atoms with Crippen molar-refractivity contribution in [2.45, 2.75) is 83.7 Å². The lowest BCUT2D eigenvalue weighted by atomic mass is 10.0. The first-order chi connectivity index (χ1) is 11.3. The maximum Gasteiger partial charge on any atom is 0.0571 e. The second-order valence-electron chi connectivity index (χ2n) is 7.18. The van der Waals surface area contributed by atoms with Crippen LogP contribution in [0.15, 0.2) is 24.3 Å². The van der Waals surface area contributed by atoms with Crippen molar-refractivity contribution in [2.75, 3.05) is 13.1 Å². The van der Waals surface area contributed by atoms with Gasteiger partial charge in [-0.2, -0.15) is 0 Å². The van der Waals surface area contributed by atoms with E-state index in [9.17, 15) is 0 Å². The first-order valence-corrected chi connectivity index (χ1v) is 9.87. The molecular formula is C21H36N2. The van der Waals surface area contributed by atoms with Gasteiger partial charge < -0.3 is 5.73 Å². The number of rotatable bonds is 10. The summed E-state index contributed by atoms with van der Waals surface area (Å²) in [5, 5.41) is 0. The van der Waals surface area contributed by atoms with Crippen LogP contribution in [0, 0.1) is 0 Å². The topological polar surface area (TPSA) is 29.3 Å². The Balaban J connectivity index is 1.63. The summed E-state index contributed by atoms with van der Waals surface area (Å²) >= 11 is 0. The van der Waals surface area contributed by atoms with E-state index in [2.05, 4.69) is 36.1 Å². The number of unbranched alkanes of at least 4 members (excludes halogenated alkanes) is 5. The van der Waals surface area contributed by atoms with Crippen LogP contribution in [0.25, 0.3) is 0 Å². The largest absolute Gasteiger partial charge is 0.316 e. The van der Waals surface area contributed by atoms with E-state index < -0.39 is 0 Å². The Bertz CT molecular complexity index is 412. The molecule has 0 radical (unpaired) electrons. The number of likely N-dealkylation sites (tertiary alicyclic amines) is 1. The van der Waals surface area contributed by atoms with Crippen molar-refractivity contribution in [1.82, 2.24) is 4.90 Å². The molecule has 23 heavy (non-hydrogen) atoms. The smallest absolute Gasteiger partial charge is 0.0571 e. The highest BCUT2D eigenvalue weighted by atomic mass is 15.2. The summed E-state index contributed by atoms with van der Waals surface area (Å²) in [5.41, 5.74) is 9.14. The molecule has 0 saturated carbocycles. The standard InChI is InChI=1S/C21H36N2/c1-2-3-4-5-6-7-10-19-12-14-20(15-13-19)16-18-23-17-9-8-11-21(23)22/h12-15,21H,2-11,16-18,22H2,1H3. The molecule has 1 aliphatic rings. The van der Waals surface area contributed by atoms with Gasteiger partial charge in [0, 0.05) is 6.54 Å². The second-order valence-corrected chi connectivity index (χ2v) is 7.18. The van der Waals surface area contributed by atoms with E-state index >= 15 is 0 Å². The van der Waals surface area contributed by atoms with Gasteiger partial charge >= 0.3 is 0 Å². The van der Waals surface area contributed by atoms with E-state index in [-0.39, 0.29) is 6.17 Å². The van der Waals surface area contributed by atoms with Crippen LogP contribution in [-0.4, -0.2) is 24.2 Å². The van der Waals surface area contributed by atoms with Crippen molar-refractivity contribution >= 4 is 0 Å². The Labute approximate surface area is 143 Å². The normalized spacial score (nSPS) is 19.1. The van der Waals surface area contributed by atoms with Gasteiger partial charge in [-0.1, -0.05) is 63.3 Å². The fourth-order valence-electron chi connectivity index (χ4n) is 3.55. The molecule has 0 bridgehead atoms. The number of nitrogens with two attached hydrogens (primary N) is 1. The summed E-state index contributed by atoms with van der Waals surface area (Å²) < 4.78 is 0. The third-order valence-electron chi connectivity index (χ3n) is 5.19. The zero-order valence-corrected chi connectivity index (χ0v) is 15.1. The molecule has 2 rings (SSSR count). The summed E-state index contributed by atoms with van der Waals surface area (Å²) in [6, 6.07) is 9.30. The summed E-state index contributed by atoms with van der Waals surface area (Å²) in [4.78, 5) is 2.45. The number of nitrogens with zero attached hydrogens (tertiary/aromatic N) is 1. The minimum Gasteiger partial charge on any atom is -0.316 e. The molecule has 2 heteroatoms. The fourth-order valence-corrected chi connectivity index (χ4v) is 3.55. The Morgan fingerprint density at radius 1 is 0.913 bits per heavy atom. The molecule has 130 valence electrons. The van der Waals surface area contributed by atoms with Gasteiger partial charge in [0.2, 0.25) is 0 Å². The third kappa shape index (κ3) is 7.05. The average Bonchev–Trinajstić information content (AvgIpc) is 2.58. The maximum atomic E-state index is 6.19. The molecule has 1 aliphatic heterocycles. The second kappa shape index (κ2) is 10.8. The van der Waals surface area contributed by atoms with Crippen LogP contribution in [-0.2, 0) is 12.8 Å². The van der Waals surface area contributed by atoms with E-state index in [4.69, 9.17) is 5.73 Å². The Kier molecular flexibility index (Phi) is 8.70. The molecular weight excluding hydrogens is 280 g/mol. The van der Waals surface area contributed by atoms with Gasteiger partial charge in [0.25, 0.3) is 0 Å². The molecule has 1 unspecified atom stereocenters. The Morgan fingerprint density at radius 3 is 2.26 bits per heavy atom. The van der Waals surface area contributed by atoms with Crippen LogP contribution in [0.5, 0.6) is 0 Å². The highest BCUT2D eigenvalue weighted by Gasteiger charge is 2.17. The van der Waals surface area contributed by atoms with Crippen molar-refractivity contribution in [1.29, 1.82) is 0 Å². The van der Waals surface area contributed by atoms with Crippen molar-refractivity contribution in [2.24, 2.45) is 5.73 Å². The Hall–Kier alpha value is -0.860. The monoisotopic (exact) mass is 316 g/mol. The molecule has 1 atom stereocenters. The van der Waals surface area contributed by atoms with Crippen molar-refractivity contribution in [3.63, 3.8) is 0 Å². The van der Waals surface area contributed by atoms with Gasteiger partial charge in [0.15, 0.2) is 0 Å². The summed E-state index contributed by atoms with van der Waals surface area (Å²) in [6.07, 6.45) is 14.7. The number of piperidine rings is 1. The predicted octanol–water partition coefficient (Wildman–Crippen LogP) is 4.90. The van der Waals surface area contributed by atoms with Crippen molar-refractivity contribution < 1.29 is 0 Å². The van der Waals surface area contributed by atoms with E-state index in [1.807, 2.05) is 0 Å². The molecule has 0 amide bonds. The quantitative estimate of drug-likeness (QED) is 0.622. The van der Waals surface area contributed by atoms with E-state index in [0.717, 1.165) is 19.4 Å². The lowest BCUT2D eigenvalue weighted by Crippen LogP contribution is -2.46. The molecule has 0 spiro atoms. The fraction of sp³-hybridized carbons (Fsp3) is 0.714. The Morgan fingerprint density at radius 2 is 1.57 bits per heavy atom. The van der Waals surface area contributed by atoms with Gasteiger partial charge in [-0.3, -0.25) is 4.90 Å². The number of hydrogen-bond donors (Lipinski definition) is 1. The molecule has 1 aromatic rings. The zero-order valence-electron chi connectivity index (χ0n) is 15.1. The summed E-state index contributed by atoms with van der Waals surface area (Å²) in [6.45, 7) is 4.57. The molecule has 2 nitrogen and oxygen atoms in total. The van der Waals surface area contributed by atoms with E-state index in [0.29, 0.717) is 0 Å². The van der Waals surface area contributed by atoms with Gasteiger partial charge in [0.05, 0.1) is 6.17 Å². The van der Waals surface area contributed by atoms with E-state index in [1.165, 1.54) is 75.5 Å².